The van der Waals surface area contributed by atoms with Crippen LogP contribution in [-0.2, 0) is 13.1 Å². The van der Waals surface area contributed by atoms with Crippen molar-refractivity contribution >= 4 is 11.2 Å². The lowest BCUT2D eigenvalue weighted by Gasteiger charge is -2.11. The minimum Gasteiger partial charge on any atom is -0.318 e. The molecule has 3 heterocycles. The van der Waals surface area contributed by atoms with Crippen LogP contribution in [0.4, 0.5) is 0 Å². The Hall–Kier alpha value is -4.34. The van der Waals surface area contributed by atoms with Crippen molar-refractivity contribution in [3.8, 4) is 16.8 Å². The highest BCUT2D eigenvalue weighted by atomic mass is 16.2. The van der Waals surface area contributed by atoms with E-state index >= 15 is 0 Å². The summed E-state index contributed by atoms with van der Waals surface area (Å²) < 4.78 is 4.65. The standard InChI is InChI=1S/C22H20N8O2/c1-3-28-21(31)19-20(25-22(28)32)24-14(2)29(19)12-15-8-10-16(11-9-15)17-6-4-5-7-18(17)30-13-23-26-27-30/h4-11,13H,3,12H2,1-2H3,(H,25,32). The first-order chi connectivity index (χ1) is 15.6. The van der Waals surface area contributed by atoms with Crippen LogP contribution in [0.15, 0.2) is 64.4 Å². The van der Waals surface area contributed by atoms with E-state index in [1.165, 1.54) is 4.57 Å². The summed E-state index contributed by atoms with van der Waals surface area (Å²) in [5.74, 6) is 0.662. The number of fused-ring (bicyclic) bond motifs is 1. The van der Waals surface area contributed by atoms with Crippen molar-refractivity contribution in [1.82, 2.24) is 39.3 Å². The first-order valence-electron chi connectivity index (χ1n) is 10.2. The lowest BCUT2D eigenvalue weighted by atomic mass is 10.0. The zero-order chi connectivity index (χ0) is 22.2. The van der Waals surface area contributed by atoms with Gasteiger partial charge in [0, 0.05) is 18.7 Å². The molecule has 5 aromatic rings. The number of rotatable bonds is 5. The van der Waals surface area contributed by atoms with E-state index in [4.69, 9.17) is 0 Å². The fourth-order valence-electron chi connectivity index (χ4n) is 3.90. The summed E-state index contributed by atoms with van der Waals surface area (Å²) in [6.07, 6.45) is 1.56. The molecule has 0 atom stereocenters. The van der Waals surface area contributed by atoms with E-state index in [-0.39, 0.29) is 5.56 Å². The number of hydrogen-bond acceptors (Lipinski definition) is 6. The number of nitrogens with one attached hydrogen (secondary N) is 1. The van der Waals surface area contributed by atoms with Crippen LogP contribution in [0.3, 0.4) is 0 Å². The van der Waals surface area contributed by atoms with Crippen molar-refractivity contribution in [1.29, 1.82) is 0 Å². The third-order valence-corrected chi connectivity index (χ3v) is 5.50. The molecule has 2 aromatic carbocycles. The summed E-state index contributed by atoms with van der Waals surface area (Å²) in [5.41, 5.74) is 3.84. The maximum Gasteiger partial charge on any atom is 0.330 e. The van der Waals surface area contributed by atoms with Crippen LogP contribution in [0.25, 0.3) is 28.0 Å². The van der Waals surface area contributed by atoms with Crippen LogP contribution in [0, 0.1) is 6.92 Å². The van der Waals surface area contributed by atoms with Crippen molar-refractivity contribution < 1.29 is 0 Å². The van der Waals surface area contributed by atoms with Gasteiger partial charge >= 0.3 is 5.69 Å². The zero-order valence-corrected chi connectivity index (χ0v) is 17.6. The SMILES string of the molecule is CCn1c(=O)[nH]c2nc(C)n(Cc3ccc(-c4ccccc4-n4cnnn4)cc3)c2c1=O. The molecule has 160 valence electrons. The average molecular weight is 428 g/mol. The Kier molecular flexibility index (Phi) is 4.74. The summed E-state index contributed by atoms with van der Waals surface area (Å²) in [5, 5.41) is 11.4. The molecule has 0 spiro atoms. The van der Waals surface area contributed by atoms with Gasteiger partial charge in [0.1, 0.15) is 12.2 Å². The van der Waals surface area contributed by atoms with Gasteiger partial charge in [0.15, 0.2) is 11.2 Å². The Morgan fingerprint density at radius 3 is 2.50 bits per heavy atom. The third-order valence-electron chi connectivity index (χ3n) is 5.50. The van der Waals surface area contributed by atoms with Crippen molar-refractivity contribution in [3.05, 3.63) is 87.1 Å². The number of nitrogens with zero attached hydrogens (tertiary/aromatic N) is 7. The number of aromatic nitrogens is 8. The summed E-state index contributed by atoms with van der Waals surface area (Å²) in [6, 6.07) is 16.0. The van der Waals surface area contributed by atoms with Gasteiger partial charge in [-0.1, -0.05) is 42.5 Å². The Balaban J connectivity index is 1.52. The van der Waals surface area contributed by atoms with Gasteiger partial charge in [-0.05, 0) is 41.5 Å². The summed E-state index contributed by atoms with van der Waals surface area (Å²) in [6.45, 7) is 4.35. The second-order valence-electron chi connectivity index (χ2n) is 7.39. The van der Waals surface area contributed by atoms with Gasteiger partial charge in [-0.25, -0.2) is 9.78 Å². The maximum atomic E-state index is 12.9. The molecule has 0 aliphatic carbocycles. The molecular formula is C22H20N8O2. The van der Waals surface area contributed by atoms with Crippen LogP contribution in [0.1, 0.15) is 18.3 Å². The third kappa shape index (κ3) is 3.22. The van der Waals surface area contributed by atoms with E-state index in [1.807, 2.05) is 60.0 Å². The molecule has 0 aliphatic rings. The molecule has 0 bridgehead atoms. The number of aryl methyl sites for hydroxylation is 1. The van der Waals surface area contributed by atoms with Crippen molar-refractivity contribution in [2.75, 3.05) is 0 Å². The van der Waals surface area contributed by atoms with Crippen molar-refractivity contribution in [2.24, 2.45) is 0 Å². The van der Waals surface area contributed by atoms with Crippen molar-refractivity contribution in [3.63, 3.8) is 0 Å². The van der Waals surface area contributed by atoms with Crippen LogP contribution >= 0.6 is 0 Å². The molecule has 0 unspecified atom stereocenters. The molecule has 0 saturated heterocycles. The van der Waals surface area contributed by atoms with Crippen LogP contribution < -0.4 is 11.2 Å². The van der Waals surface area contributed by atoms with E-state index in [1.54, 1.807) is 17.9 Å². The van der Waals surface area contributed by atoms with Gasteiger partial charge in [0.05, 0.1) is 5.69 Å². The second-order valence-corrected chi connectivity index (χ2v) is 7.39. The first kappa shape index (κ1) is 19.6. The maximum absolute atomic E-state index is 12.9. The summed E-state index contributed by atoms with van der Waals surface area (Å²) in [7, 11) is 0. The fraction of sp³-hybridized carbons (Fsp3) is 0.182. The minimum atomic E-state index is -0.444. The Morgan fingerprint density at radius 1 is 1.00 bits per heavy atom. The van der Waals surface area contributed by atoms with Gasteiger partial charge < -0.3 is 4.57 Å². The summed E-state index contributed by atoms with van der Waals surface area (Å²) in [4.78, 5) is 32.0. The van der Waals surface area contributed by atoms with Gasteiger partial charge in [0.25, 0.3) is 5.56 Å². The molecule has 32 heavy (non-hydrogen) atoms. The predicted octanol–water partition coefficient (Wildman–Crippen LogP) is 1.91. The molecule has 3 aromatic heterocycles. The quantitative estimate of drug-likeness (QED) is 0.457. The normalized spacial score (nSPS) is 11.3. The number of para-hydroxylation sites is 1. The van der Waals surface area contributed by atoms with E-state index in [2.05, 4.69) is 25.5 Å². The van der Waals surface area contributed by atoms with E-state index in [0.29, 0.717) is 30.1 Å². The number of benzene rings is 2. The second kappa shape index (κ2) is 7.73. The average Bonchev–Trinajstić information content (AvgIpc) is 3.43. The van der Waals surface area contributed by atoms with Gasteiger partial charge in [-0.3, -0.25) is 14.3 Å². The molecule has 0 saturated carbocycles. The highest BCUT2D eigenvalue weighted by Gasteiger charge is 2.16. The van der Waals surface area contributed by atoms with E-state index in [9.17, 15) is 9.59 Å². The summed E-state index contributed by atoms with van der Waals surface area (Å²) >= 11 is 0. The number of hydrogen-bond donors (Lipinski definition) is 1. The Bertz CT molecular complexity index is 1530. The zero-order valence-electron chi connectivity index (χ0n) is 17.6. The topological polar surface area (TPSA) is 116 Å². The Morgan fingerprint density at radius 2 is 1.78 bits per heavy atom. The molecule has 1 N–H and O–H groups in total. The van der Waals surface area contributed by atoms with Crippen LogP contribution in [-0.4, -0.2) is 39.3 Å². The molecule has 10 nitrogen and oxygen atoms in total. The minimum absolute atomic E-state index is 0.295. The van der Waals surface area contributed by atoms with Crippen LogP contribution in [0.5, 0.6) is 0 Å². The van der Waals surface area contributed by atoms with E-state index in [0.717, 1.165) is 22.4 Å². The molecule has 0 aliphatic heterocycles. The number of H-pyrrole nitrogens is 1. The Labute approximate surface area is 181 Å². The first-order valence-corrected chi connectivity index (χ1v) is 10.2. The predicted molar refractivity (Wildman–Crippen MR) is 119 cm³/mol. The number of imidazole rings is 1. The van der Waals surface area contributed by atoms with Gasteiger partial charge in [-0.2, -0.15) is 4.68 Å². The molecule has 0 radical (unpaired) electrons. The molecule has 10 heteroatoms. The van der Waals surface area contributed by atoms with Crippen LogP contribution in [0.2, 0.25) is 0 Å². The molecule has 0 fully saturated rings. The smallest absolute Gasteiger partial charge is 0.318 e. The van der Waals surface area contributed by atoms with Crippen molar-refractivity contribution in [2.45, 2.75) is 26.9 Å². The highest BCUT2D eigenvalue weighted by molar-refractivity contribution is 5.73. The van der Waals surface area contributed by atoms with Gasteiger partial charge in [-0.15, -0.1) is 5.10 Å². The lowest BCUT2D eigenvalue weighted by Crippen LogP contribution is -2.35. The highest BCUT2D eigenvalue weighted by Crippen LogP contribution is 2.26. The fourth-order valence-corrected chi connectivity index (χ4v) is 3.90. The molecule has 5 rings (SSSR count). The number of tetrazole rings is 1. The monoisotopic (exact) mass is 428 g/mol. The lowest BCUT2D eigenvalue weighted by molar-refractivity contribution is 0.675. The van der Waals surface area contributed by atoms with Gasteiger partial charge in [0.2, 0.25) is 0 Å². The molecule has 0 amide bonds. The molecular weight excluding hydrogens is 408 g/mol. The largest absolute Gasteiger partial charge is 0.330 e. The number of aromatic amines is 1. The van der Waals surface area contributed by atoms with E-state index < -0.39 is 5.69 Å².